The Labute approximate surface area is 68.3 Å². The molecule has 0 aliphatic carbocycles. The van der Waals surface area contributed by atoms with Crippen LogP contribution in [0, 0.1) is 23.7 Å². The molecule has 0 fully saturated rings. The van der Waals surface area contributed by atoms with Gasteiger partial charge in [0.2, 0.25) is 0 Å². The van der Waals surface area contributed by atoms with Gasteiger partial charge in [-0.05, 0) is 30.9 Å². The van der Waals surface area contributed by atoms with Crippen LogP contribution in [-0.2, 0) is 0 Å². The van der Waals surface area contributed by atoms with Crippen LogP contribution in [0.1, 0.15) is 6.92 Å². The van der Waals surface area contributed by atoms with E-state index in [-0.39, 0.29) is 0 Å². The monoisotopic (exact) mass is 142 g/mol. The molecule has 0 amide bonds. The Hall–Kier alpha value is -1.66. The summed E-state index contributed by atoms with van der Waals surface area (Å²) in [6, 6.07) is 0. The summed E-state index contributed by atoms with van der Waals surface area (Å²) in [6.07, 6.45) is 8.77. The van der Waals surface area contributed by atoms with Gasteiger partial charge in [-0.3, -0.25) is 0 Å². The molecule has 0 saturated carbocycles. The van der Waals surface area contributed by atoms with E-state index in [1.165, 1.54) is 0 Å². The molecule has 0 rings (SSSR count). The first-order valence-corrected chi connectivity index (χ1v) is 3.31. The molecule has 0 aliphatic heterocycles. The zero-order valence-corrected chi connectivity index (χ0v) is 6.59. The smallest absolute Gasteiger partial charge is 0.0102 e. The standard InChI is InChI=1S/C11H10/c1-3-5-7-9-11-10-8-6-4-2/h3-7H,1H2,2H3. The van der Waals surface area contributed by atoms with Gasteiger partial charge in [-0.1, -0.05) is 36.6 Å². The summed E-state index contributed by atoms with van der Waals surface area (Å²) in [5.74, 6) is 10.8. The van der Waals surface area contributed by atoms with Crippen molar-refractivity contribution in [3.8, 4) is 23.7 Å². The molecule has 54 valence electrons. The molecule has 0 atom stereocenters. The molecule has 0 aromatic heterocycles. The van der Waals surface area contributed by atoms with Crippen molar-refractivity contribution in [3.05, 3.63) is 37.0 Å². The summed E-state index contributed by atoms with van der Waals surface area (Å²) in [4.78, 5) is 0. The van der Waals surface area contributed by atoms with Gasteiger partial charge >= 0.3 is 0 Å². The van der Waals surface area contributed by atoms with Crippen molar-refractivity contribution in [2.24, 2.45) is 0 Å². The van der Waals surface area contributed by atoms with E-state index in [0.717, 1.165) is 0 Å². The summed E-state index contributed by atoms with van der Waals surface area (Å²) < 4.78 is 0. The van der Waals surface area contributed by atoms with Crippen LogP contribution in [0.3, 0.4) is 0 Å². The van der Waals surface area contributed by atoms with Crippen LogP contribution in [0.4, 0.5) is 0 Å². The molecule has 11 heavy (non-hydrogen) atoms. The molecule has 0 spiro atoms. The molecular formula is C11H10. The zero-order valence-electron chi connectivity index (χ0n) is 6.59. The predicted molar refractivity (Wildman–Crippen MR) is 49.7 cm³/mol. The maximum Gasteiger partial charge on any atom is -0.0102 e. The fourth-order valence-electron chi connectivity index (χ4n) is 0.355. The summed E-state index contributed by atoms with van der Waals surface area (Å²) in [6.45, 7) is 5.42. The van der Waals surface area contributed by atoms with Gasteiger partial charge in [0.1, 0.15) is 0 Å². The van der Waals surface area contributed by atoms with Gasteiger partial charge in [-0.2, -0.15) is 0 Å². The highest BCUT2D eigenvalue weighted by Gasteiger charge is 1.55. The number of hydrogen-bond acceptors (Lipinski definition) is 0. The first kappa shape index (κ1) is 9.34. The van der Waals surface area contributed by atoms with E-state index in [2.05, 4.69) is 30.3 Å². The van der Waals surface area contributed by atoms with Crippen LogP contribution in [0.25, 0.3) is 0 Å². The van der Waals surface area contributed by atoms with E-state index < -0.39 is 0 Å². The normalized spacial score (nSPS) is 8.45. The topological polar surface area (TPSA) is 0 Å². The van der Waals surface area contributed by atoms with E-state index in [4.69, 9.17) is 0 Å². The first-order valence-electron chi connectivity index (χ1n) is 3.31. The van der Waals surface area contributed by atoms with Gasteiger partial charge in [0.05, 0.1) is 0 Å². The van der Waals surface area contributed by atoms with E-state index in [1.807, 2.05) is 13.0 Å². The van der Waals surface area contributed by atoms with Crippen molar-refractivity contribution in [2.45, 2.75) is 6.92 Å². The maximum absolute atomic E-state index is 3.51. The lowest BCUT2D eigenvalue weighted by molar-refractivity contribution is 1.76. The van der Waals surface area contributed by atoms with E-state index in [9.17, 15) is 0 Å². The highest BCUT2D eigenvalue weighted by molar-refractivity contribution is 5.34. The Balaban J connectivity index is 3.83. The SMILES string of the molecule is C=CC=CC#CC#CC=CC. The summed E-state index contributed by atoms with van der Waals surface area (Å²) in [7, 11) is 0. The highest BCUT2D eigenvalue weighted by Crippen LogP contribution is 1.68. The van der Waals surface area contributed by atoms with E-state index >= 15 is 0 Å². The largest absolute Gasteiger partial charge is 0.0990 e. The third kappa shape index (κ3) is 8.34. The molecule has 0 aromatic carbocycles. The van der Waals surface area contributed by atoms with Crippen LogP contribution in [0.15, 0.2) is 37.0 Å². The zero-order chi connectivity index (χ0) is 8.36. The molecule has 0 radical (unpaired) electrons. The lowest BCUT2D eigenvalue weighted by Gasteiger charge is -1.62. The summed E-state index contributed by atoms with van der Waals surface area (Å²) in [5, 5.41) is 0. The van der Waals surface area contributed by atoms with E-state index in [0.29, 0.717) is 0 Å². The number of rotatable bonds is 1. The fourth-order valence-corrected chi connectivity index (χ4v) is 0.355. The highest BCUT2D eigenvalue weighted by atomic mass is 13.6. The molecule has 0 aromatic rings. The second kappa shape index (κ2) is 8.34. The molecule has 0 heterocycles. The Morgan fingerprint density at radius 3 is 2.27 bits per heavy atom. The Bertz CT molecular complexity index is 269. The van der Waals surface area contributed by atoms with Gasteiger partial charge in [0.15, 0.2) is 0 Å². The second-order valence-corrected chi connectivity index (χ2v) is 1.63. The lowest BCUT2D eigenvalue weighted by Crippen LogP contribution is -1.51. The Kier molecular flexibility index (Phi) is 7.08. The number of allylic oxidation sites excluding steroid dienone is 5. The van der Waals surface area contributed by atoms with Gasteiger partial charge in [0.25, 0.3) is 0 Å². The van der Waals surface area contributed by atoms with Crippen LogP contribution in [-0.4, -0.2) is 0 Å². The predicted octanol–water partition coefficient (Wildman–Crippen LogP) is 2.31. The third-order valence-electron chi connectivity index (χ3n) is 0.772. The van der Waals surface area contributed by atoms with Gasteiger partial charge in [-0.15, -0.1) is 0 Å². The minimum absolute atomic E-state index is 1.67. The second-order valence-electron chi connectivity index (χ2n) is 1.63. The molecule has 0 nitrogen and oxygen atoms in total. The molecule has 0 aliphatic rings. The van der Waals surface area contributed by atoms with Crippen molar-refractivity contribution in [3.63, 3.8) is 0 Å². The molecule has 0 N–H and O–H groups in total. The molecule has 0 heteroatoms. The van der Waals surface area contributed by atoms with Gasteiger partial charge in [-0.25, -0.2) is 0 Å². The van der Waals surface area contributed by atoms with Crippen LogP contribution >= 0.6 is 0 Å². The average molecular weight is 142 g/mol. The van der Waals surface area contributed by atoms with Crippen molar-refractivity contribution in [1.82, 2.24) is 0 Å². The maximum atomic E-state index is 3.51. The third-order valence-corrected chi connectivity index (χ3v) is 0.772. The Morgan fingerprint density at radius 1 is 1.09 bits per heavy atom. The van der Waals surface area contributed by atoms with Crippen LogP contribution in [0.5, 0.6) is 0 Å². The Morgan fingerprint density at radius 2 is 1.73 bits per heavy atom. The lowest BCUT2D eigenvalue weighted by atomic mass is 10.4. The summed E-state index contributed by atoms with van der Waals surface area (Å²) in [5.41, 5.74) is 0. The first-order chi connectivity index (χ1) is 5.41. The van der Waals surface area contributed by atoms with Crippen molar-refractivity contribution < 1.29 is 0 Å². The minimum atomic E-state index is 1.67. The van der Waals surface area contributed by atoms with Crippen LogP contribution < -0.4 is 0 Å². The summed E-state index contributed by atoms with van der Waals surface area (Å²) >= 11 is 0. The van der Waals surface area contributed by atoms with Gasteiger partial charge in [0, 0.05) is 0 Å². The van der Waals surface area contributed by atoms with Crippen molar-refractivity contribution in [1.29, 1.82) is 0 Å². The molecular weight excluding hydrogens is 132 g/mol. The quantitative estimate of drug-likeness (QED) is 0.389. The molecule has 0 unspecified atom stereocenters. The van der Waals surface area contributed by atoms with E-state index in [1.54, 1.807) is 24.3 Å². The number of hydrogen-bond donors (Lipinski definition) is 0. The van der Waals surface area contributed by atoms with Crippen molar-refractivity contribution in [2.75, 3.05) is 0 Å². The van der Waals surface area contributed by atoms with Crippen molar-refractivity contribution >= 4 is 0 Å². The average Bonchev–Trinajstić information content (AvgIpc) is 2.03. The van der Waals surface area contributed by atoms with Crippen LogP contribution in [0.2, 0.25) is 0 Å². The molecule has 0 saturated heterocycles. The van der Waals surface area contributed by atoms with Gasteiger partial charge < -0.3 is 0 Å². The minimum Gasteiger partial charge on any atom is -0.0990 e. The molecule has 0 bridgehead atoms. The fraction of sp³-hybridized carbons (Fsp3) is 0.0909.